The van der Waals surface area contributed by atoms with Crippen LogP contribution in [0.1, 0.15) is 30.6 Å². The van der Waals surface area contributed by atoms with Gasteiger partial charge in [-0.15, -0.1) is 5.10 Å². The molecule has 0 saturated carbocycles. The van der Waals surface area contributed by atoms with Gasteiger partial charge in [-0.05, 0) is 30.5 Å². The molecular weight excluding hydrogens is 268 g/mol. The summed E-state index contributed by atoms with van der Waals surface area (Å²) in [6.07, 6.45) is 3.43. The van der Waals surface area contributed by atoms with E-state index in [0.29, 0.717) is 17.9 Å². The molecule has 1 aromatic carbocycles. The maximum atomic E-state index is 6.29. The zero-order valence-electron chi connectivity index (χ0n) is 12.7. The van der Waals surface area contributed by atoms with E-state index in [9.17, 15) is 0 Å². The Labute approximate surface area is 124 Å². The smallest absolute Gasteiger partial charge is 0.160 e. The number of aryl methyl sites for hydroxylation is 1. The van der Waals surface area contributed by atoms with Crippen LogP contribution in [0.3, 0.4) is 0 Å². The number of methoxy groups -OCH3 is 2. The zero-order valence-corrected chi connectivity index (χ0v) is 12.7. The van der Waals surface area contributed by atoms with Gasteiger partial charge in [0.2, 0.25) is 0 Å². The quantitative estimate of drug-likeness (QED) is 0.843. The van der Waals surface area contributed by atoms with Crippen LogP contribution in [0.5, 0.6) is 11.5 Å². The van der Waals surface area contributed by atoms with Gasteiger partial charge in [0.25, 0.3) is 0 Å². The van der Waals surface area contributed by atoms with Crippen molar-refractivity contribution in [2.45, 2.75) is 32.4 Å². The van der Waals surface area contributed by atoms with E-state index in [1.54, 1.807) is 20.4 Å². The highest BCUT2D eigenvalue weighted by Crippen LogP contribution is 2.29. The molecule has 6 heteroatoms. The van der Waals surface area contributed by atoms with Crippen LogP contribution >= 0.6 is 0 Å². The van der Waals surface area contributed by atoms with Gasteiger partial charge in [-0.3, -0.25) is 0 Å². The van der Waals surface area contributed by atoms with Gasteiger partial charge in [-0.2, -0.15) is 0 Å². The summed E-state index contributed by atoms with van der Waals surface area (Å²) in [5, 5.41) is 8.02. The molecule has 2 rings (SSSR count). The molecule has 2 N–H and O–H groups in total. The van der Waals surface area contributed by atoms with Crippen LogP contribution in [-0.4, -0.2) is 29.2 Å². The van der Waals surface area contributed by atoms with E-state index in [1.165, 1.54) is 0 Å². The molecular formula is C15H22N4O2. The van der Waals surface area contributed by atoms with E-state index in [1.807, 2.05) is 22.9 Å². The first-order valence-electron chi connectivity index (χ1n) is 7.04. The van der Waals surface area contributed by atoms with Crippen LogP contribution in [0, 0.1) is 0 Å². The molecule has 0 saturated heterocycles. The van der Waals surface area contributed by atoms with Gasteiger partial charge in [-0.1, -0.05) is 18.2 Å². The van der Waals surface area contributed by atoms with E-state index in [0.717, 1.165) is 24.2 Å². The predicted molar refractivity (Wildman–Crippen MR) is 80.5 cm³/mol. The van der Waals surface area contributed by atoms with Crippen molar-refractivity contribution in [2.24, 2.45) is 5.73 Å². The van der Waals surface area contributed by atoms with Crippen LogP contribution in [0.2, 0.25) is 0 Å². The molecule has 0 amide bonds. The highest BCUT2D eigenvalue weighted by Gasteiger charge is 2.14. The molecule has 0 aliphatic carbocycles. The fraction of sp³-hybridized carbons (Fsp3) is 0.467. The van der Waals surface area contributed by atoms with Gasteiger partial charge in [0.15, 0.2) is 11.5 Å². The number of benzene rings is 1. The van der Waals surface area contributed by atoms with Gasteiger partial charge < -0.3 is 15.2 Å². The number of hydrogen-bond donors (Lipinski definition) is 1. The molecule has 1 aromatic heterocycles. The summed E-state index contributed by atoms with van der Waals surface area (Å²) in [7, 11) is 3.25. The molecule has 21 heavy (non-hydrogen) atoms. The van der Waals surface area contributed by atoms with E-state index in [2.05, 4.69) is 17.2 Å². The molecule has 114 valence electrons. The first kappa shape index (κ1) is 15.3. The molecule has 0 radical (unpaired) electrons. The first-order chi connectivity index (χ1) is 10.2. The number of ether oxygens (including phenoxy) is 2. The Balaban J connectivity index is 2.15. The lowest BCUT2D eigenvalue weighted by molar-refractivity contribution is 0.354. The lowest BCUT2D eigenvalue weighted by Gasteiger charge is -2.14. The second kappa shape index (κ2) is 7.08. The minimum atomic E-state index is -0.148. The lowest BCUT2D eigenvalue weighted by atomic mass is 10.0. The number of rotatable bonds is 7. The van der Waals surface area contributed by atoms with E-state index in [4.69, 9.17) is 15.2 Å². The molecule has 0 fully saturated rings. The normalized spacial score (nSPS) is 12.2. The monoisotopic (exact) mass is 290 g/mol. The third-order valence-corrected chi connectivity index (χ3v) is 3.37. The number of hydrogen-bond acceptors (Lipinski definition) is 5. The average molecular weight is 290 g/mol. The van der Waals surface area contributed by atoms with Crippen molar-refractivity contribution < 1.29 is 9.47 Å². The summed E-state index contributed by atoms with van der Waals surface area (Å²) in [6.45, 7) is 2.93. The fourth-order valence-corrected chi connectivity index (χ4v) is 2.30. The summed E-state index contributed by atoms with van der Waals surface area (Å²) in [5.41, 5.74) is 8.33. The number of nitrogens with zero attached hydrogens (tertiary/aromatic N) is 3. The Morgan fingerprint density at radius 2 is 2.00 bits per heavy atom. The van der Waals surface area contributed by atoms with Crippen molar-refractivity contribution in [2.75, 3.05) is 14.2 Å². The maximum Gasteiger partial charge on any atom is 0.160 e. The largest absolute Gasteiger partial charge is 0.493 e. The van der Waals surface area contributed by atoms with Crippen LogP contribution in [0.25, 0.3) is 0 Å². The van der Waals surface area contributed by atoms with E-state index < -0.39 is 0 Å². The third-order valence-electron chi connectivity index (χ3n) is 3.37. The molecule has 6 nitrogen and oxygen atoms in total. The maximum absolute atomic E-state index is 6.29. The highest BCUT2D eigenvalue weighted by atomic mass is 16.5. The van der Waals surface area contributed by atoms with Crippen molar-refractivity contribution in [1.29, 1.82) is 0 Å². The lowest BCUT2D eigenvalue weighted by Crippen LogP contribution is -2.18. The summed E-state index contributed by atoms with van der Waals surface area (Å²) in [5.74, 6) is 1.43. The van der Waals surface area contributed by atoms with E-state index >= 15 is 0 Å². The molecule has 0 aliphatic rings. The number of aromatic nitrogens is 3. The fourth-order valence-electron chi connectivity index (χ4n) is 2.30. The van der Waals surface area contributed by atoms with Crippen LogP contribution in [-0.2, 0) is 13.0 Å². The van der Waals surface area contributed by atoms with Gasteiger partial charge in [0, 0.05) is 6.54 Å². The second-order valence-electron chi connectivity index (χ2n) is 4.88. The average Bonchev–Trinajstić information content (AvgIpc) is 2.96. The van der Waals surface area contributed by atoms with E-state index in [-0.39, 0.29) is 6.04 Å². The van der Waals surface area contributed by atoms with Crippen LogP contribution in [0.15, 0.2) is 24.4 Å². The van der Waals surface area contributed by atoms with Gasteiger partial charge in [0.05, 0.1) is 32.2 Å². The van der Waals surface area contributed by atoms with Crippen molar-refractivity contribution >= 4 is 0 Å². The molecule has 2 aromatic rings. The first-order valence-corrected chi connectivity index (χ1v) is 7.04. The number of nitrogens with two attached hydrogens (primary N) is 1. The predicted octanol–water partition coefficient (Wildman–Crippen LogP) is 1.95. The van der Waals surface area contributed by atoms with Gasteiger partial charge in [0.1, 0.15) is 0 Å². The van der Waals surface area contributed by atoms with Crippen molar-refractivity contribution in [1.82, 2.24) is 15.0 Å². The SMILES string of the molecule is CCCn1nncc1C(N)Cc1ccc(OC)c(OC)c1. The Morgan fingerprint density at radius 1 is 1.24 bits per heavy atom. The van der Waals surface area contributed by atoms with Crippen molar-refractivity contribution in [3.05, 3.63) is 35.7 Å². The van der Waals surface area contributed by atoms with Crippen LogP contribution in [0.4, 0.5) is 0 Å². The zero-order chi connectivity index (χ0) is 15.2. The minimum absolute atomic E-state index is 0.148. The Bertz CT molecular complexity index is 583. The molecule has 0 aliphatic heterocycles. The Kier molecular flexibility index (Phi) is 5.16. The van der Waals surface area contributed by atoms with Gasteiger partial charge >= 0.3 is 0 Å². The third kappa shape index (κ3) is 3.52. The molecule has 0 spiro atoms. The molecule has 1 atom stereocenters. The minimum Gasteiger partial charge on any atom is -0.493 e. The highest BCUT2D eigenvalue weighted by molar-refractivity contribution is 5.43. The van der Waals surface area contributed by atoms with Crippen molar-refractivity contribution in [3.63, 3.8) is 0 Å². The second-order valence-corrected chi connectivity index (χ2v) is 4.88. The summed E-state index contributed by atoms with van der Waals surface area (Å²) < 4.78 is 12.4. The summed E-state index contributed by atoms with van der Waals surface area (Å²) >= 11 is 0. The Hall–Kier alpha value is -2.08. The molecule has 1 unspecified atom stereocenters. The summed E-state index contributed by atoms with van der Waals surface area (Å²) in [4.78, 5) is 0. The standard InChI is InChI=1S/C15H22N4O2/c1-4-7-19-13(10-17-18-19)12(16)8-11-5-6-14(20-2)15(9-11)21-3/h5-6,9-10,12H,4,7-8,16H2,1-3H3. The molecule has 1 heterocycles. The van der Waals surface area contributed by atoms with Crippen LogP contribution < -0.4 is 15.2 Å². The van der Waals surface area contributed by atoms with Crippen molar-refractivity contribution in [3.8, 4) is 11.5 Å². The molecule has 0 bridgehead atoms. The topological polar surface area (TPSA) is 75.2 Å². The summed E-state index contributed by atoms with van der Waals surface area (Å²) in [6, 6.07) is 5.69. The Morgan fingerprint density at radius 3 is 2.67 bits per heavy atom. The van der Waals surface area contributed by atoms with Gasteiger partial charge in [-0.25, -0.2) is 4.68 Å².